The van der Waals surface area contributed by atoms with E-state index in [1.165, 1.54) is 43.1 Å². The number of halogens is 1. The van der Waals surface area contributed by atoms with Crippen LogP contribution in [-0.4, -0.2) is 29.6 Å². The largest absolute Gasteiger partial charge is 0.495 e. The number of nitrogens with one attached hydrogen (secondary N) is 2. The Kier molecular flexibility index (Phi) is 7.69. The summed E-state index contributed by atoms with van der Waals surface area (Å²) in [4.78, 5) is 35.7. The first-order chi connectivity index (χ1) is 15.4. The molecule has 8 nitrogen and oxygen atoms in total. The number of nitro benzene ring substituents is 1. The molecule has 0 aromatic heterocycles. The number of nitrogens with zero attached hydrogens (tertiary/aromatic N) is 1. The van der Waals surface area contributed by atoms with Gasteiger partial charge in [0.15, 0.2) is 0 Å². The Morgan fingerprint density at radius 3 is 2.50 bits per heavy atom. The molecule has 0 aliphatic rings. The van der Waals surface area contributed by atoms with Crippen molar-refractivity contribution in [3.63, 3.8) is 0 Å². The van der Waals surface area contributed by atoms with Crippen LogP contribution in [0, 0.1) is 10.1 Å². The summed E-state index contributed by atoms with van der Waals surface area (Å²) >= 11 is 7.27. The molecule has 164 valence electrons. The predicted octanol–water partition coefficient (Wildman–Crippen LogP) is 5.24. The molecule has 2 N–H and O–H groups in total. The van der Waals surface area contributed by atoms with Crippen molar-refractivity contribution in [1.29, 1.82) is 0 Å². The van der Waals surface area contributed by atoms with Gasteiger partial charge in [0.25, 0.3) is 11.6 Å². The zero-order valence-electron chi connectivity index (χ0n) is 16.8. The second-order valence-electron chi connectivity index (χ2n) is 6.47. The minimum absolute atomic E-state index is 0.0892. The fraction of sp³-hybridized carbons (Fsp3) is 0.0909. The van der Waals surface area contributed by atoms with Crippen molar-refractivity contribution in [3.8, 4) is 5.75 Å². The molecule has 3 aromatic rings. The Balaban J connectivity index is 1.59. The van der Waals surface area contributed by atoms with Gasteiger partial charge in [-0.15, -0.1) is 11.8 Å². The number of methoxy groups -OCH3 is 1. The SMILES string of the molecule is COc1ccc(Cl)cc1NC(=O)CSc1cccc(NC(=O)c2ccc([N+](=O)[O-])cc2)c1. The van der Waals surface area contributed by atoms with Gasteiger partial charge in [0.1, 0.15) is 5.75 Å². The van der Waals surface area contributed by atoms with Crippen LogP contribution in [0.3, 0.4) is 0 Å². The maximum atomic E-state index is 12.4. The number of hydrogen-bond acceptors (Lipinski definition) is 6. The van der Waals surface area contributed by atoms with E-state index in [9.17, 15) is 19.7 Å². The predicted molar refractivity (Wildman–Crippen MR) is 125 cm³/mol. The van der Waals surface area contributed by atoms with Crippen LogP contribution in [0.15, 0.2) is 71.6 Å². The number of anilines is 2. The molecule has 0 saturated heterocycles. The molecule has 0 heterocycles. The van der Waals surface area contributed by atoms with Gasteiger partial charge < -0.3 is 15.4 Å². The molecule has 0 aliphatic carbocycles. The van der Waals surface area contributed by atoms with E-state index in [0.717, 1.165) is 4.90 Å². The Hall–Kier alpha value is -3.56. The average molecular weight is 472 g/mol. The molecule has 0 saturated carbocycles. The summed E-state index contributed by atoms with van der Waals surface area (Å²) in [5.41, 5.74) is 1.22. The Bertz CT molecular complexity index is 1150. The van der Waals surface area contributed by atoms with E-state index in [1.54, 1.807) is 36.4 Å². The van der Waals surface area contributed by atoms with Crippen LogP contribution < -0.4 is 15.4 Å². The lowest BCUT2D eigenvalue weighted by molar-refractivity contribution is -0.384. The molecule has 0 fully saturated rings. The molecule has 0 aliphatic heterocycles. The minimum atomic E-state index is -0.527. The monoisotopic (exact) mass is 471 g/mol. The minimum Gasteiger partial charge on any atom is -0.495 e. The normalized spacial score (nSPS) is 10.3. The molecule has 10 heteroatoms. The molecule has 32 heavy (non-hydrogen) atoms. The van der Waals surface area contributed by atoms with E-state index in [4.69, 9.17) is 16.3 Å². The second kappa shape index (κ2) is 10.7. The van der Waals surface area contributed by atoms with Crippen LogP contribution in [0.1, 0.15) is 10.4 Å². The maximum Gasteiger partial charge on any atom is 0.269 e. The van der Waals surface area contributed by atoms with Crippen LogP contribution in [0.5, 0.6) is 5.75 Å². The standard InChI is InChI=1S/C22H18ClN3O5S/c1-31-20-10-7-15(23)11-19(20)25-21(27)13-32-18-4-2-3-16(12-18)24-22(28)14-5-8-17(9-6-14)26(29)30/h2-12H,13H2,1H3,(H,24,28)(H,25,27). The number of thioether (sulfide) groups is 1. The van der Waals surface area contributed by atoms with Gasteiger partial charge in [-0.2, -0.15) is 0 Å². The number of carbonyl (C=O) groups is 2. The van der Waals surface area contributed by atoms with Crippen molar-refractivity contribution in [3.05, 3.63) is 87.4 Å². The third-order valence-corrected chi connectivity index (χ3v) is 5.47. The Morgan fingerprint density at radius 1 is 1.06 bits per heavy atom. The number of carbonyl (C=O) groups excluding carboxylic acids is 2. The first-order valence-corrected chi connectivity index (χ1v) is 10.6. The lowest BCUT2D eigenvalue weighted by Gasteiger charge is -2.11. The highest BCUT2D eigenvalue weighted by Gasteiger charge is 2.12. The first kappa shape index (κ1) is 23.1. The number of amides is 2. The maximum absolute atomic E-state index is 12.4. The summed E-state index contributed by atoms with van der Waals surface area (Å²) in [6, 6.07) is 17.3. The molecule has 3 aromatic carbocycles. The van der Waals surface area contributed by atoms with Crippen molar-refractivity contribution in [2.24, 2.45) is 0 Å². The van der Waals surface area contributed by atoms with Crippen molar-refractivity contribution < 1.29 is 19.2 Å². The van der Waals surface area contributed by atoms with E-state index < -0.39 is 10.8 Å². The van der Waals surface area contributed by atoms with Gasteiger partial charge in [-0.25, -0.2) is 0 Å². The summed E-state index contributed by atoms with van der Waals surface area (Å²) in [5, 5.41) is 16.7. The lowest BCUT2D eigenvalue weighted by Crippen LogP contribution is -2.14. The van der Waals surface area contributed by atoms with Gasteiger partial charge in [0.05, 0.1) is 23.5 Å². The second-order valence-corrected chi connectivity index (χ2v) is 7.95. The van der Waals surface area contributed by atoms with Crippen LogP contribution in [-0.2, 0) is 4.79 Å². The summed E-state index contributed by atoms with van der Waals surface area (Å²) in [6.07, 6.45) is 0. The van der Waals surface area contributed by atoms with Crippen molar-refractivity contribution in [1.82, 2.24) is 0 Å². The Labute approximate surface area is 193 Å². The summed E-state index contributed by atoms with van der Waals surface area (Å²) in [6.45, 7) is 0. The lowest BCUT2D eigenvalue weighted by atomic mass is 10.2. The number of rotatable bonds is 8. The summed E-state index contributed by atoms with van der Waals surface area (Å²) < 4.78 is 5.22. The molecule has 0 spiro atoms. The third-order valence-electron chi connectivity index (χ3n) is 4.24. The molecule has 3 rings (SSSR count). The van der Waals surface area contributed by atoms with E-state index in [0.29, 0.717) is 27.7 Å². The number of non-ortho nitro benzene ring substituents is 1. The quantitative estimate of drug-likeness (QED) is 0.264. The van der Waals surface area contributed by atoms with Gasteiger partial charge in [-0.1, -0.05) is 17.7 Å². The number of hydrogen-bond donors (Lipinski definition) is 2. The molecule has 2 amide bonds. The topological polar surface area (TPSA) is 111 Å². The highest BCUT2D eigenvalue weighted by Crippen LogP contribution is 2.28. The number of benzene rings is 3. The van der Waals surface area contributed by atoms with Gasteiger partial charge in [0.2, 0.25) is 5.91 Å². The van der Waals surface area contributed by atoms with E-state index in [-0.39, 0.29) is 17.3 Å². The van der Waals surface area contributed by atoms with E-state index in [1.807, 2.05) is 6.07 Å². The van der Waals surface area contributed by atoms with Gasteiger partial charge in [-0.3, -0.25) is 19.7 Å². The first-order valence-electron chi connectivity index (χ1n) is 9.28. The van der Waals surface area contributed by atoms with E-state index >= 15 is 0 Å². The zero-order valence-corrected chi connectivity index (χ0v) is 18.4. The van der Waals surface area contributed by atoms with Crippen LogP contribution in [0.2, 0.25) is 5.02 Å². The van der Waals surface area contributed by atoms with Crippen LogP contribution in [0.4, 0.5) is 17.1 Å². The molecule has 0 unspecified atom stereocenters. The highest BCUT2D eigenvalue weighted by molar-refractivity contribution is 8.00. The molecule has 0 atom stereocenters. The number of nitro groups is 1. The van der Waals surface area contributed by atoms with Crippen LogP contribution in [0.25, 0.3) is 0 Å². The van der Waals surface area contributed by atoms with E-state index in [2.05, 4.69) is 10.6 Å². The average Bonchev–Trinajstić information content (AvgIpc) is 2.78. The van der Waals surface area contributed by atoms with Crippen molar-refractivity contribution in [2.45, 2.75) is 4.90 Å². The van der Waals surface area contributed by atoms with Gasteiger partial charge >= 0.3 is 0 Å². The number of ether oxygens (including phenoxy) is 1. The fourth-order valence-corrected chi connectivity index (χ4v) is 3.64. The molecular weight excluding hydrogens is 454 g/mol. The molecular formula is C22H18ClN3O5S. The van der Waals surface area contributed by atoms with Crippen LogP contribution >= 0.6 is 23.4 Å². The smallest absolute Gasteiger partial charge is 0.269 e. The zero-order chi connectivity index (χ0) is 23.1. The van der Waals surface area contributed by atoms with Crippen molar-refractivity contribution >= 4 is 52.2 Å². The summed E-state index contributed by atoms with van der Waals surface area (Å²) in [7, 11) is 1.50. The van der Waals surface area contributed by atoms with Gasteiger partial charge in [-0.05, 0) is 48.5 Å². The third kappa shape index (κ3) is 6.22. The van der Waals surface area contributed by atoms with Gasteiger partial charge in [0, 0.05) is 33.3 Å². The molecule has 0 radical (unpaired) electrons. The molecule has 0 bridgehead atoms. The highest BCUT2D eigenvalue weighted by atomic mass is 35.5. The summed E-state index contributed by atoms with van der Waals surface area (Å²) in [5.74, 6) is 0.00234. The van der Waals surface area contributed by atoms with Crippen molar-refractivity contribution in [2.75, 3.05) is 23.5 Å². The Morgan fingerprint density at radius 2 is 1.81 bits per heavy atom. The fourth-order valence-electron chi connectivity index (χ4n) is 2.71.